The van der Waals surface area contributed by atoms with E-state index in [4.69, 9.17) is 9.62 Å². The third kappa shape index (κ3) is 3.79. The number of benzene rings is 2. The maximum absolute atomic E-state index is 12.4. The van der Waals surface area contributed by atoms with Gasteiger partial charge in [-0.1, -0.05) is 24.3 Å². The summed E-state index contributed by atoms with van der Waals surface area (Å²) in [6.45, 7) is 1.85. The van der Waals surface area contributed by atoms with Crippen LogP contribution in [-0.2, 0) is 0 Å². The van der Waals surface area contributed by atoms with Crippen molar-refractivity contribution in [2.45, 2.75) is 13.0 Å². The average Bonchev–Trinajstić information content (AvgIpc) is 3.22. The summed E-state index contributed by atoms with van der Waals surface area (Å²) in [5, 5.41) is 11.5. The van der Waals surface area contributed by atoms with Crippen molar-refractivity contribution in [1.29, 1.82) is 0 Å². The van der Waals surface area contributed by atoms with E-state index in [9.17, 15) is 9.59 Å². The highest BCUT2D eigenvalue weighted by Gasteiger charge is 2.13. The highest BCUT2D eigenvalue weighted by molar-refractivity contribution is 5.95. The molecule has 1 aromatic heterocycles. The van der Waals surface area contributed by atoms with Crippen molar-refractivity contribution in [3.63, 3.8) is 0 Å². The van der Waals surface area contributed by atoms with Crippen molar-refractivity contribution in [1.82, 2.24) is 15.8 Å². The number of amides is 2. The van der Waals surface area contributed by atoms with Crippen LogP contribution in [0.25, 0.3) is 11.3 Å². The molecule has 7 heteroatoms. The van der Waals surface area contributed by atoms with E-state index in [1.165, 1.54) is 6.39 Å². The summed E-state index contributed by atoms with van der Waals surface area (Å²) >= 11 is 0. The van der Waals surface area contributed by atoms with Crippen molar-refractivity contribution in [3.05, 3.63) is 77.8 Å². The van der Waals surface area contributed by atoms with Crippen LogP contribution in [0, 0.1) is 0 Å². The topological polar surface area (TPSA) is 104 Å². The number of nitrogens with zero attached hydrogens (tertiary/aromatic N) is 1. The molecule has 132 valence electrons. The molecule has 0 aliphatic rings. The first kappa shape index (κ1) is 17.4. The Morgan fingerprint density at radius 2 is 1.62 bits per heavy atom. The van der Waals surface area contributed by atoms with Gasteiger partial charge >= 0.3 is 0 Å². The van der Waals surface area contributed by atoms with E-state index in [-0.39, 0.29) is 11.9 Å². The minimum atomic E-state index is -0.583. The lowest BCUT2D eigenvalue weighted by Crippen LogP contribution is -2.26. The monoisotopic (exact) mass is 351 g/mol. The Balaban J connectivity index is 1.66. The summed E-state index contributed by atoms with van der Waals surface area (Å²) < 4.78 is 5.22. The molecule has 3 N–H and O–H groups in total. The van der Waals surface area contributed by atoms with Crippen molar-refractivity contribution in [2.24, 2.45) is 0 Å². The third-order valence-electron chi connectivity index (χ3n) is 3.99. The van der Waals surface area contributed by atoms with Crippen LogP contribution in [0.1, 0.15) is 39.2 Å². The van der Waals surface area contributed by atoms with E-state index in [1.54, 1.807) is 60.2 Å². The molecule has 3 rings (SSSR count). The van der Waals surface area contributed by atoms with Gasteiger partial charge in [-0.15, -0.1) is 0 Å². The van der Waals surface area contributed by atoms with E-state index in [2.05, 4.69) is 10.3 Å². The van der Waals surface area contributed by atoms with Crippen LogP contribution in [0.15, 0.2) is 65.5 Å². The molecule has 0 bridgehead atoms. The van der Waals surface area contributed by atoms with Crippen LogP contribution in [0.3, 0.4) is 0 Å². The van der Waals surface area contributed by atoms with Crippen molar-refractivity contribution < 1.29 is 19.2 Å². The lowest BCUT2D eigenvalue weighted by atomic mass is 10.0. The molecule has 0 aliphatic carbocycles. The van der Waals surface area contributed by atoms with Gasteiger partial charge in [0.1, 0.15) is 0 Å². The highest BCUT2D eigenvalue weighted by atomic mass is 16.5. The normalized spacial score (nSPS) is 11.6. The number of oxazole rings is 1. The summed E-state index contributed by atoms with van der Waals surface area (Å²) in [7, 11) is 0. The summed E-state index contributed by atoms with van der Waals surface area (Å²) in [5.74, 6) is -0.156. The summed E-state index contributed by atoms with van der Waals surface area (Å²) in [4.78, 5) is 27.6. The molecule has 26 heavy (non-hydrogen) atoms. The van der Waals surface area contributed by atoms with E-state index in [0.717, 1.165) is 11.1 Å². The predicted molar refractivity (Wildman–Crippen MR) is 93.5 cm³/mol. The van der Waals surface area contributed by atoms with Crippen molar-refractivity contribution >= 4 is 11.8 Å². The molecular formula is C19H17N3O4. The molecule has 0 saturated heterocycles. The maximum atomic E-state index is 12.4. The van der Waals surface area contributed by atoms with Gasteiger partial charge in [-0.25, -0.2) is 10.5 Å². The third-order valence-corrected chi connectivity index (χ3v) is 3.99. The van der Waals surface area contributed by atoms with Gasteiger partial charge in [-0.2, -0.15) is 0 Å². The van der Waals surface area contributed by atoms with Crippen LogP contribution in [-0.4, -0.2) is 22.0 Å². The molecule has 3 aromatic rings. The number of hydroxylamine groups is 1. The van der Waals surface area contributed by atoms with Gasteiger partial charge in [-0.05, 0) is 36.8 Å². The van der Waals surface area contributed by atoms with Gasteiger partial charge in [0.25, 0.3) is 11.8 Å². The lowest BCUT2D eigenvalue weighted by Gasteiger charge is -2.15. The Bertz CT molecular complexity index is 888. The van der Waals surface area contributed by atoms with Crippen LogP contribution < -0.4 is 10.8 Å². The van der Waals surface area contributed by atoms with Gasteiger partial charge in [0, 0.05) is 16.7 Å². The number of carbonyl (C=O) groups is 2. The number of nitrogens with one attached hydrogen (secondary N) is 2. The van der Waals surface area contributed by atoms with Crippen LogP contribution in [0.5, 0.6) is 0 Å². The Morgan fingerprint density at radius 1 is 1.00 bits per heavy atom. The fourth-order valence-corrected chi connectivity index (χ4v) is 2.50. The number of hydrogen-bond acceptors (Lipinski definition) is 5. The molecule has 7 nitrogen and oxygen atoms in total. The second kappa shape index (κ2) is 7.62. The molecule has 1 heterocycles. The zero-order valence-corrected chi connectivity index (χ0v) is 14.0. The Morgan fingerprint density at radius 3 is 2.19 bits per heavy atom. The van der Waals surface area contributed by atoms with Crippen LogP contribution in [0.4, 0.5) is 0 Å². The molecule has 0 fully saturated rings. The molecule has 0 radical (unpaired) electrons. The molecule has 2 amide bonds. The molecule has 0 saturated carbocycles. The molecule has 0 spiro atoms. The number of rotatable bonds is 5. The lowest BCUT2D eigenvalue weighted by molar-refractivity contribution is 0.0706. The Labute approximate surface area is 149 Å². The van der Waals surface area contributed by atoms with Gasteiger partial charge < -0.3 is 9.73 Å². The van der Waals surface area contributed by atoms with Gasteiger partial charge in [0.05, 0.1) is 12.2 Å². The minimum absolute atomic E-state index is 0.209. The summed E-state index contributed by atoms with van der Waals surface area (Å²) in [5.41, 5.74) is 4.11. The summed E-state index contributed by atoms with van der Waals surface area (Å²) in [6.07, 6.45) is 2.96. The first-order chi connectivity index (χ1) is 12.6. The number of hydrogen-bond donors (Lipinski definition) is 3. The first-order valence-corrected chi connectivity index (χ1v) is 7.92. The largest absolute Gasteiger partial charge is 0.444 e. The second-order valence-electron chi connectivity index (χ2n) is 5.70. The van der Waals surface area contributed by atoms with Crippen LogP contribution in [0.2, 0.25) is 0 Å². The number of carbonyl (C=O) groups excluding carboxylic acids is 2. The second-order valence-corrected chi connectivity index (χ2v) is 5.70. The van der Waals surface area contributed by atoms with Gasteiger partial charge in [-0.3, -0.25) is 14.8 Å². The molecular weight excluding hydrogens is 334 g/mol. The molecule has 1 unspecified atom stereocenters. The fraction of sp³-hybridized carbons (Fsp3) is 0.105. The van der Waals surface area contributed by atoms with Crippen LogP contribution >= 0.6 is 0 Å². The zero-order chi connectivity index (χ0) is 18.5. The first-order valence-electron chi connectivity index (χ1n) is 7.92. The molecule has 0 aliphatic heterocycles. The Hall–Kier alpha value is -3.45. The van der Waals surface area contributed by atoms with E-state index >= 15 is 0 Å². The summed E-state index contributed by atoms with van der Waals surface area (Å²) in [6, 6.07) is 13.4. The van der Waals surface area contributed by atoms with Crippen molar-refractivity contribution in [2.75, 3.05) is 0 Å². The molecule has 1 atom stereocenters. The van der Waals surface area contributed by atoms with E-state index in [0.29, 0.717) is 16.9 Å². The van der Waals surface area contributed by atoms with Gasteiger partial charge in [0.15, 0.2) is 12.2 Å². The highest BCUT2D eigenvalue weighted by Crippen LogP contribution is 2.19. The maximum Gasteiger partial charge on any atom is 0.274 e. The van der Waals surface area contributed by atoms with Crippen molar-refractivity contribution in [3.8, 4) is 11.3 Å². The molecule has 2 aromatic carbocycles. The fourth-order valence-electron chi connectivity index (χ4n) is 2.50. The van der Waals surface area contributed by atoms with E-state index < -0.39 is 5.91 Å². The average molecular weight is 351 g/mol. The zero-order valence-electron chi connectivity index (χ0n) is 14.0. The Kier molecular flexibility index (Phi) is 5.09. The number of aromatic nitrogens is 1. The minimum Gasteiger partial charge on any atom is -0.444 e. The predicted octanol–water partition coefficient (Wildman–Crippen LogP) is 2.95. The van der Waals surface area contributed by atoms with E-state index in [1.807, 2.05) is 6.92 Å². The van der Waals surface area contributed by atoms with Gasteiger partial charge in [0.2, 0.25) is 0 Å². The quantitative estimate of drug-likeness (QED) is 0.484. The standard InChI is InChI=1S/C19H17N3O4/c1-12(13-2-6-16(7-3-13)19(24)22-25)21-18(23)15-8-4-14(5-9-15)17-10-20-11-26-17/h2-12,25H,1H3,(H,21,23)(H,22,24). The SMILES string of the molecule is CC(NC(=O)c1ccc(-c2cnco2)cc1)c1ccc(C(=O)NO)cc1. The smallest absolute Gasteiger partial charge is 0.274 e.